The molecule has 2 heterocycles. The SMILES string of the molecule is O=c1[nH]c(CNc2nc[nH]c(=O)c2Cl)cs1. The monoisotopic (exact) mass is 258 g/mol. The van der Waals surface area contributed by atoms with E-state index in [1.807, 2.05) is 0 Å². The molecule has 0 spiro atoms. The summed E-state index contributed by atoms with van der Waals surface area (Å²) in [6, 6.07) is 0. The van der Waals surface area contributed by atoms with Crippen LogP contribution in [0.2, 0.25) is 5.02 Å². The molecule has 6 nitrogen and oxygen atoms in total. The first-order valence-corrected chi connectivity index (χ1v) is 5.56. The molecule has 0 bridgehead atoms. The number of rotatable bonds is 3. The van der Waals surface area contributed by atoms with Crippen LogP contribution in [0.3, 0.4) is 0 Å². The Kier molecular flexibility index (Phi) is 3.07. The van der Waals surface area contributed by atoms with Crippen LogP contribution in [-0.2, 0) is 6.54 Å². The molecule has 84 valence electrons. The number of aromatic nitrogens is 3. The van der Waals surface area contributed by atoms with E-state index >= 15 is 0 Å². The molecule has 0 atom stereocenters. The molecule has 0 amide bonds. The Morgan fingerprint density at radius 1 is 1.50 bits per heavy atom. The van der Waals surface area contributed by atoms with Gasteiger partial charge >= 0.3 is 4.87 Å². The standard InChI is InChI=1S/C8H7ClN4O2S/c9-5-6(11-3-12-7(5)14)10-1-4-2-16-8(15)13-4/h2-3H,1H2,(H,13,15)(H2,10,11,12,14). The lowest BCUT2D eigenvalue weighted by atomic mass is 10.4. The average molecular weight is 259 g/mol. The van der Waals surface area contributed by atoms with Crippen LogP contribution in [0.15, 0.2) is 21.3 Å². The molecule has 3 N–H and O–H groups in total. The number of H-pyrrole nitrogens is 2. The lowest BCUT2D eigenvalue weighted by molar-refractivity contribution is 1.02. The fourth-order valence-electron chi connectivity index (χ4n) is 1.09. The van der Waals surface area contributed by atoms with Crippen molar-refractivity contribution in [3.63, 3.8) is 0 Å². The Hall–Kier alpha value is -1.60. The Morgan fingerprint density at radius 2 is 2.31 bits per heavy atom. The topological polar surface area (TPSA) is 90.6 Å². The lowest BCUT2D eigenvalue weighted by Crippen LogP contribution is -2.12. The van der Waals surface area contributed by atoms with Gasteiger partial charge in [-0.15, -0.1) is 0 Å². The fraction of sp³-hybridized carbons (Fsp3) is 0.125. The van der Waals surface area contributed by atoms with Crippen LogP contribution < -0.4 is 15.7 Å². The maximum absolute atomic E-state index is 11.1. The number of anilines is 1. The summed E-state index contributed by atoms with van der Waals surface area (Å²) in [7, 11) is 0. The predicted molar refractivity (Wildman–Crippen MR) is 62.1 cm³/mol. The summed E-state index contributed by atoms with van der Waals surface area (Å²) in [5.41, 5.74) is 0.311. The Balaban J connectivity index is 2.13. The summed E-state index contributed by atoms with van der Waals surface area (Å²) in [6.45, 7) is 0.356. The minimum atomic E-state index is -0.405. The van der Waals surface area contributed by atoms with E-state index in [1.54, 1.807) is 5.38 Å². The second-order valence-corrected chi connectivity index (χ2v) is 4.14. The van der Waals surface area contributed by atoms with E-state index in [2.05, 4.69) is 20.3 Å². The van der Waals surface area contributed by atoms with Crippen LogP contribution in [0, 0.1) is 0 Å². The van der Waals surface area contributed by atoms with Gasteiger partial charge in [0.15, 0.2) is 5.82 Å². The van der Waals surface area contributed by atoms with Crippen molar-refractivity contribution in [2.45, 2.75) is 6.54 Å². The molecule has 2 rings (SSSR count). The number of nitrogens with zero attached hydrogens (tertiary/aromatic N) is 1. The van der Waals surface area contributed by atoms with E-state index in [4.69, 9.17) is 11.6 Å². The summed E-state index contributed by atoms with van der Waals surface area (Å²) in [5, 5.41) is 4.55. The van der Waals surface area contributed by atoms with Crippen LogP contribution in [0.1, 0.15) is 5.69 Å². The molecule has 0 aliphatic carbocycles. The van der Waals surface area contributed by atoms with Crippen molar-refractivity contribution in [1.82, 2.24) is 15.0 Å². The van der Waals surface area contributed by atoms with E-state index in [9.17, 15) is 9.59 Å². The predicted octanol–water partition coefficient (Wildman–Crippen LogP) is 0.785. The third kappa shape index (κ3) is 2.31. The van der Waals surface area contributed by atoms with Crippen molar-refractivity contribution < 1.29 is 0 Å². The molecule has 0 fully saturated rings. The molecule has 2 aromatic rings. The first-order chi connectivity index (χ1) is 7.66. The summed E-state index contributed by atoms with van der Waals surface area (Å²) >= 11 is 6.80. The zero-order valence-corrected chi connectivity index (χ0v) is 9.48. The summed E-state index contributed by atoms with van der Waals surface area (Å²) in [4.78, 5) is 30.7. The zero-order chi connectivity index (χ0) is 11.5. The molecule has 8 heteroatoms. The summed E-state index contributed by atoms with van der Waals surface area (Å²) in [6.07, 6.45) is 1.26. The summed E-state index contributed by atoms with van der Waals surface area (Å²) < 4.78 is 0. The number of aromatic amines is 2. The molecular formula is C8H7ClN4O2S. The van der Waals surface area contributed by atoms with Crippen LogP contribution in [0.5, 0.6) is 0 Å². The molecule has 0 unspecified atom stereocenters. The lowest BCUT2D eigenvalue weighted by Gasteiger charge is -2.03. The van der Waals surface area contributed by atoms with Gasteiger partial charge < -0.3 is 15.3 Å². The highest BCUT2D eigenvalue weighted by molar-refractivity contribution is 7.07. The third-order valence-electron chi connectivity index (χ3n) is 1.81. The largest absolute Gasteiger partial charge is 0.363 e. The number of hydrogen-bond acceptors (Lipinski definition) is 5. The van der Waals surface area contributed by atoms with Crippen molar-refractivity contribution in [1.29, 1.82) is 0 Å². The van der Waals surface area contributed by atoms with Crippen LogP contribution in [0.25, 0.3) is 0 Å². The zero-order valence-electron chi connectivity index (χ0n) is 7.91. The van der Waals surface area contributed by atoms with Crippen LogP contribution >= 0.6 is 22.9 Å². The van der Waals surface area contributed by atoms with E-state index < -0.39 is 5.56 Å². The first kappa shape index (κ1) is 10.9. The second-order valence-electron chi connectivity index (χ2n) is 2.92. The Morgan fingerprint density at radius 3 is 3.00 bits per heavy atom. The molecule has 0 saturated heterocycles. The van der Waals surface area contributed by atoms with E-state index in [-0.39, 0.29) is 15.7 Å². The molecule has 2 aromatic heterocycles. The number of halogens is 1. The van der Waals surface area contributed by atoms with Crippen molar-refractivity contribution in [3.05, 3.63) is 42.4 Å². The molecule has 0 saturated carbocycles. The number of thiazole rings is 1. The molecule has 0 aliphatic rings. The van der Waals surface area contributed by atoms with Gasteiger partial charge in [-0.1, -0.05) is 22.9 Å². The van der Waals surface area contributed by atoms with Gasteiger partial charge in [0.1, 0.15) is 5.02 Å². The van der Waals surface area contributed by atoms with E-state index in [0.29, 0.717) is 12.2 Å². The first-order valence-electron chi connectivity index (χ1n) is 4.30. The molecule has 0 aliphatic heterocycles. The average Bonchev–Trinajstić information content (AvgIpc) is 2.67. The van der Waals surface area contributed by atoms with Gasteiger partial charge in [0.2, 0.25) is 0 Å². The normalized spacial score (nSPS) is 10.3. The maximum Gasteiger partial charge on any atom is 0.304 e. The van der Waals surface area contributed by atoms with Gasteiger partial charge in [0.05, 0.1) is 12.9 Å². The van der Waals surface area contributed by atoms with E-state index in [0.717, 1.165) is 11.3 Å². The minimum absolute atomic E-state index is 0.0000709. The highest BCUT2D eigenvalue weighted by Gasteiger charge is 2.05. The molecule has 16 heavy (non-hydrogen) atoms. The molecular weight excluding hydrogens is 252 g/mol. The van der Waals surface area contributed by atoms with Crippen molar-refractivity contribution >= 4 is 28.8 Å². The molecule has 0 aromatic carbocycles. The van der Waals surface area contributed by atoms with Crippen molar-refractivity contribution in [2.75, 3.05) is 5.32 Å². The van der Waals surface area contributed by atoms with Crippen molar-refractivity contribution in [3.8, 4) is 0 Å². The van der Waals surface area contributed by atoms with Gasteiger partial charge in [0, 0.05) is 11.1 Å². The minimum Gasteiger partial charge on any atom is -0.363 e. The smallest absolute Gasteiger partial charge is 0.304 e. The van der Waals surface area contributed by atoms with Crippen LogP contribution in [0.4, 0.5) is 5.82 Å². The molecule has 0 radical (unpaired) electrons. The Bertz CT molecular complexity index is 602. The van der Waals surface area contributed by atoms with Crippen LogP contribution in [-0.4, -0.2) is 15.0 Å². The second kappa shape index (κ2) is 4.50. The number of hydrogen-bond donors (Lipinski definition) is 3. The van der Waals surface area contributed by atoms with Gasteiger partial charge in [0.25, 0.3) is 5.56 Å². The van der Waals surface area contributed by atoms with Gasteiger partial charge in [-0.3, -0.25) is 9.59 Å². The van der Waals surface area contributed by atoms with Gasteiger partial charge in [-0.05, 0) is 0 Å². The highest BCUT2D eigenvalue weighted by Crippen LogP contribution is 2.12. The van der Waals surface area contributed by atoms with Crippen molar-refractivity contribution in [2.24, 2.45) is 0 Å². The number of nitrogens with one attached hydrogen (secondary N) is 3. The quantitative estimate of drug-likeness (QED) is 0.759. The highest BCUT2D eigenvalue weighted by atomic mass is 35.5. The third-order valence-corrected chi connectivity index (χ3v) is 2.88. The Labute approximate surface area is 98.3 Å². The fourth-order valence-corrected chi connectivity index (χ4v) is 1.84. The van der Waals surface area contributed by atoms with E-state index in [1.165, 1.54) is 6.33 Å². The maximum atomic E-state index is 11.1. The van der Waals surface area contributed by atoms with Gasteiger partial charge in [-0.25, -0.2) is 4.98 Å². The summed E-state index contributed by atoms with van der Waals surface area (Å²) in [5.74, 6) is 0.289. The van der Waals surface area contributed by atoms with Gasteiger partial charge in [-0.2, -0.15) is 0 Å².